The smallest absolute Gasteiger partial charge is 0.322 e. The first-order valence-electron chi connectivity index (χ1n) is 5.57. The van der Waals surface area contributed by atoms with Crippen molar-refractivity contribution in [3.63, 3.8) is 0 Å². The van der Waals surface area contributed by atoms with Gasteiger partial charge >= 0.3 is 16.1 Å². The van der Waals surface area contributed by atoms with Crippen molar-refractivity contribution in [3.8, 4) is 0 Å². The number of carbonyl (C=O) groups is 1. The van der Waals surface area contributed by atoms with Gasteiger partial charge in [-0.05, 0) is 6.42 Å². The summed E-state index contributed by atoms with van der Waals surface area (Å²) in [5.41, 5.74) is 0. The van der Waals surface area contributed by atoms with Gasteiger partial charge in [0.15, 0.2) is 0 Å². The molecule has 5 nitrogen and oxygen atoms in total. The minimum atomic E-state index is -3.88. The Labute approximate surface area is 154 Å². The van der Waals surface area contributed by atoms with Crippen molar-refractivity contribution in [3.05, 3.63) is 0 Å². The second-order valence-electron chi connectivity index (χ2n) is 3.60. The van der Waals surface area contributed by atoms with Crippen molar-refractivity contribution in [1.82, 2.24) is 0 Å². The maximum absolute atomic E-state index is 11.1. The predicted molar refractivity (Wildman–Crippen MR) is 71.8 cm³/mol. The van der Waals surface area contributed by atoms with Gasteiger partial charge < -0.3 is 9.29 Å². The predicted octanol–water partition coefficient (Wildman–Crippen LogP) is 0.451. The number of rotatable bonds is 9. The fourth-order valence-electron chi connectivity index (χ4n) is 1.21. The van der Waals surface area contributed by atoms with E-state index in [4.69, 9.17) is 5.11 Å². The van der Waals surface area contributed by atoms with E-state index >= 15 is 0 Å². The fourth-order valence-corrected chi connectivity index (χ4v) is 1.88. The van der Waals surface area contributed by atoms with Crippen molar-refractivity contribution in [2.75, 3.05) is 12.4 Å². The Morgan fingerprint density at radius 3 is 2.17 bits per heavy atom. The van der Waals surface area contributed by atoms with E-state index < -0.39 is 28.4 Å². The van der Waals surface area contributed by atoms with Crippen LogP contribution in [0.1, 0.15) is 45.4 Å². The Kier molecular flexibility index (Phi) is 20.0. The van der Waals surface area contributed by atoms with Crippen LogP contribution in [0, 0.1) is 0 Å². The van der Waals surface area contributed by atoms with E-state index in [1.54, 1.807) is 0 Å². The summed E-state index contributed by atoms with van der Waals surface area (Å²) in [5, 5.41) is 8.42. The first-order valence-corrected chi connectivity index (χ1v) is 7.15. The van der Waals surface area contributed by atoms with E-state index in [-0.39, 0.29) is 65.5 Å². The molecule has 8 heteroatoms. The minimum absolute atomic E-state index is 0. The second-order valence-corrected chi connectivity index (χ2v) is 5.30. The van der Waals surface area contributed by atoms with Gasteiger partial charge in [0.05, 0.1) is 6.61 Å². The minimum Gasteiger partial charge on any atom is -0.395 e. The zero-order chi connectivity index (χ0) is 12.4. The van der Waals surface area contributed by atoms with Gasteiger partial charge in [-0.2, -0.15) is 8.42 Å². The number of carbonyl (C=O) groups excluding carboxylic acids is 1. The summed E-state index contributed by atoms with van der Waals surface area (Å²) in [4.78, 5) is 11.1. The van der Waals surface area contributed by atoms with E-state index in [0.29, 0.717) is 6.42 Å². The summed E-state index contributed by atoms with van der Waals surface area (Å²) < 4.78 is 26.2. The zero-order valence-electron chi connectivity index (χ0n) is 11.6. The van der Waals surface area contributed by atoms with Crippen LogP contribution in [0.4, 0.5) is 0 Å². The monoisotopic (exact) mass is 298 g/mol. The van der Waals surface area contributed by atoms with Gasteiger partial charge in [0, 0.05) is 65.5 Å². The topological polar surface area (TPSA) is 80.7 Å². The summed E-state index contributed by atoms with van der Waals surface area (Å²) in [5.74, 6) is -1.26. The maximum atomic E-state index is 11.1. The summed E-state index contributed by atoms with van der Waals surface area (Å²) >= 11 is 0. The summed E-state index contributed by atoms with van der Waals surface area (Å²) in [6, 6.07) is 0. The van der Waals surface area contributed by atoms with E-state index in [2.05, 4.69) is 11.1 Å². The van der Waals surface area contributed by atoms with Crippen molar-refractivity contribution >= 4 is 75.2 Å². The Hall–Kier alpha value is 1.38. The van der Waals surface area contributed by atoms with Crippen LogP contribution < -0.4 is 0 Å². The molecule has 1 N–H and O–H groups in total. The third-order valence-corrected chi connectivity index (χ3v) is 3.17. The molecule has 0 atom stereocenters. The Balaban J connectivity index is -0.00000112. The molecule has 2 radical (unpaired) electrons. The first kappa shape index (κ1) is 24.4. The molecule has 0 aromatic carbocycles. The van der Waals surface area contributed by atoms with Gasteiger partial charge in [-0.3, -0.25) is 4.79 Å². The van der Waals surface area contributed by atoms with Crippen molar-refractivity contribution in [2.24, 2.45) is 0 Å². The van der Waals surface area contributed by atoms with Crippen LogP contribution in [0.3, 0.4) is 0 Å². The Morgan fingerprint density at radius 2 is 1.67 bits per heavy atom. The Morgan fingerprint density at radius 1 is 1.11 bits per heavy atom. The van der Waals surface area contributed by atoms with Gasteiger partial charge in [0.25, 0.3) is 0 Å². The number of hydrogen-bond acceptors (Lipinski definition) is 5. The van der Waals surface area contributed by atoms with Gasteiger partial charge in [-0.15, -0.1) is 0 Å². The molecule has 0 aromatic rings. The maximum Gasteiger partial charge on any atom is 0.322 e. The molecular weight excluding hydrogens is 278 g/mol. The molecular formula is C10H20Na2O5S. The molecule has 0 aliphatic rings. The molecule has 0 saturated heterocycles. The average Bonchev–Trinajstić information content (AvgIpc) is 2.16. The largest absolute Gasteiger partial charge is 0.395 e. The summed E-state index contributed by atoms with van der Waals surface area (Å²) in [7, 11) is -3.88. The fraction of sp³-hybridized carbons (Fsp3) is 0.900. The first-order chi connectivity index (χ1) is 7.52. The van der Waals surface area contributed by atoms with E-state index in [1.165, 1.54) is 0 Å². The molecule has 0 saturated carbocycles. The Bertz CT molecular complexity index is 293. The van der Waals surface area contributed by atoms with E-state index in [0.717, 1.165) is 25.7 Å². The molecule has 98 valence electrons. The molecule has 0 aliphatic heterocycles. The molecule has 0 amide bonds. The van der Waals surface area contributed by atoms with Crippen LogP contribution in [-0.4, -0.2) is 91.0 Å². The van der Waals surface area contributed by atoms with Crippen LogP contribution >= 0.6 is 0 Å². The summed E-state index contributed by atoms with van der Waals surface area (Å²) in [6.45, 7) is 1.56. The normalized spacial score (nSPS) is 10.1. The quantitative estimate of drug-likeness (QED) is 0.380. The number of aliphatic hydroxyl groups is 1. The van der Waals surface area contributed by atoms with Gasteiger partial charge in [-0.25, -0.2) is 0 Å². The molecule has 0 fully saturated rings. The average molecular weight is 298 g/mol. The van der Waals surface area contributed by atoms with Gasteiger partial charge in [0.1, 0.15) is 5.75 Å². The molecule has 0 rings (SSSR count). The third-order valence-electron chi connectivity index (χ3n) is 2.05. The van der Waals surface area contributed by atoms with E-state index in [1.807, 2.05) is 0 Å². The molecule has 0 spiro atoms. The van der Waals surface area contributed by atoms with Crippen LogP contribution in [-0.2, 0) is 19.1 Å². The molecule has 0 bridgehead atoms. The third kappa shape index (κ3) is 15.4. The van der Waals surface area contributed by atoms with Crippen LogP contribution in [0.5, 0.6) is 0 Å². The van der Waals surface area contributed by atoms with Gasteiger partial charge in [0.2, 0.25) is 0 Å². The van der Waals surface area contributed by atoms with Crippen molar-refractivity contribution in [1.29, 1.82) is 0 Å². The molecule has 18 heavy (non-hydrogen) atoms. The van der Waals surface area contributed by atoms with Crippen LogP contribution in [0.25, 0.3) is 0 Å². The van der Waals surface area contributed by atoms with Crippen molar-refractivity contribution in [2.45, 2.75) is 45.4 Å². The van der Waals surface area contributed by atoms with Crippen LogP contribution in [0.2, 0.25) is 0 Å². The number of aliphatic hydroxyl groups excluding tert-OH is 1. The summed E-state index contributed by atoms with van der Waals surface area (Å²) in [6.07, 6.45) is 4.96. The molecule has 0 aromatic heterocycles. The number of hydrogen-bond donors (Lipinski definition) is 1. The second kappa shape index (κ2) is 14.8. The van der Waals surface area contributed by atoms with E-state index in [9.17, 15) is 13.2 Å². The van der Waals surface area contributed by atoms with Crippen molar-refractivity contribution < 1.29 is 22.5 Å². The molecule has 0 aliphatic carbocycles. The standard InChI is InChI=1S/C10H20O5S.2Na/c1-2-3-4-5-6-7-10(12)15-16(13,14)9-8-11;;/h11H,2-9H2,1H3;;. The molecule has 0 heterocycles. The zero-order valence-corrected chi connectivity index (χ0v) is 16.5. The van der Waals surface area contributed by atoms with Crippen LogP contribution in [0.15, 0.2) is 0 Å². The number of unbranched alkanes of at least 4 members (excludes halogenated alkanes) is 4. The van der Waals surface area contributed by atoms with Gasteiger partial charge in [-0.1, -0.05) is 32.6 Å². The SMILES string of the molecule is CCCCCCCC(=O)OS(=O)(=O)CCO.[Na].[Na]. The molecule has 0 unspecified atom stereocenters.